The molecule has 1 aliphatic rings. The van der Waals surface area contributed by atoms with Gasteiger partial charge in [0.2, 0.25) is 0 Å². The van der Waals surface area contributed by atoms with Crippen LogP contribution in [0.2, 0.25) is 0 Å². The largest absolute Gasteiger partial charge is 0.480 e. The molecule has 7 nitrogen and oxygen atoms in total. The highest BCUT2D eigenvalue weighted by Crippen LogP contribution is 2.44. The molecule has 8 heteroatoms. The normalized spacial score (nSPS) is 11.8. The number of carboxylic acids is 1. The molecule has 4 aromatic rings. The molecule has 0 saturated heterocycles. The summed E-state index contributed by atoms with van der Waals surface area (Å²) < 4.78 is 6.10. The molecule has 39 heavy (non-hydrogen) atoms. The molecule has 0 aliphatic heterocycles. The number of hydrogen-bond acceptors (Lipinski definition) is 4. The van der Waals surface area contributed by atoms with Gasteiger partial charge in [0.1, 0.15) is 13.2 Å². The number of rotatable bonds is 8. The maximum absolute atomic E-state index is 13.4. The van der Waals surface area contributed by atoms with Gasteiger partial charge in [-0.1, -0.05) is 78.9 Å². The number of anilines is 1. The standard InChI is InChI=1S/C31H25BrN2O5/c32-28-15-14-21(16-26(28)30(37)34(18-29(35)36)17-20-8-2-1-3-9-20)33-31(38)39-19-27-24-12-6-4-10-22(24)23-11-5-7-13-25(23)27/h1-16,27H,17-19H2,(H,33,38)(H,35,36). The van der Waals surface area contributed by atoms with Crippen LogP contribution in [0.1, 0.15) is 33.0 Å². The van der Waals surface area contributed by atoms with E-state index in [4.69, 9.17) is 4.74 Å². The van der Waals surface area contributed by atoms with Gasteiger partial charge in [0.25, 0.3) is 5.91 Å². The fourth-order valence-electron chi connectivity index (χ4n) is 4.86. The van der Waals surface area contributed by atoms with Gasteiger partial charge in [-0.25, -0.2) is 4.79 Å². The molecule has 196 valence electrons. The van der Waals surface area contributed by atoms with Crippen molar-refractivity contribution in [3.63, 3.8) is 0 Å². The molecule has 4 aromatic carbocycles. The van der Waals surface area contributed by atoms with Crippen molar-refractivity contribution in [2.75, 3.05) is 18.5 Å². The zero-order valence-electron chi connectivity index (χ0n) is 20.8. The van der Waals surface area contributed by atoms with Gasteiger partial charge < -0.3 is 14.7 Å². The number of halogens is 1. The number of carbonyl (C=O) groups excluding carboxylic acids is 2. The van der Waals surface area contributed by atoms with E-state index in [0.29, 0.717) is 10.2 Å². The van der Waals surface area contributed by atoms with Crippen molar-refractivity contribution in [3.05, 3.63) is 124 Å². The SMILES string of the molecule is O=C(O)CN(Cc1ccccc1)C(=O)c1cc(NC(=O)OCC2c3ccccc3-c3ccccc32)ccc1Br. The highest BCUT2D eigenvalue weighted by atomic mass is 79.9. The van der Waals surface area contributed by atoms with Crippen molar-refractivity contribution in [1.29, 1.82) is 0 Å². The zero-order valence-corrected chi connectivity index (χ0v) is 22.4. The quantitative estimate of drug-likeness (QED) is 0.245. The molecule has 0 atom stereocenters. The van der Waals surface area contributed by atoms with Crippen LogP contribution in [-0.2, 0) is 16.1 Å². The number of ether oxygens (including phenoxy) is 1. The van der Waals surface area contributed by atoms with Gasteiger partial charge in [0.15, 0.2) is 0 Å². The molecule has 2 amide bonds. The van der Waals surface area contributed by atoms with Crippen LogP contribution in [0, 0.1) is 0 Å². The third-order valence-electron chi connectivity index (χ3n) is 6.62. The number of benzene rings is 4. The third-order valence-corrected chi connectivity index (χ3v) is 7.31. The summed E-state index contributed by atoms with van der Waals surface area (Å²) in [5.41, 5.74) is 5.88. The Labute approximate surface area is 234 Å². The lowest BCUT2D eigenvalue weighted by atomic mass is 9.98. The maximum atomic E-state index is 13.4. The summed E-state index contributed by atoms with van der Waals surface area (Å²) in [6, 6.07) is 30.1. The van der Waals surface area contributed by atoms with Crippen LogP contribution >= 0.6 is 15.9 Å². The Balaban J connectivity index is 1.29. The van der Waals surface area contributed by atoms with E-state index in [1.165, 1.54) is 11.0 Å². The molecule has 0 aromatic heterocycles. The summed E-state index contributed by atoms with van der Waals surface area (Å²) in [4.78, 5) is 38.9. The van der Waals surface area contributed by atoms with Crippen LogP contribution in [0.4, 0.5) is 10.5 Å². The minimum absolute atomic E-state index is 0.0761. The van der Waals surface area contributed by atoms with Crippen LogP contribution in [0.3, 0.4) is 0 Å². The minimum atomic E-state index is -1.12. The van der Waals surface area contributed by atoms with Crippen molar-refractivity contribution in [2.24, 2.45) is 0 Å². The number of carbonyl (C=O) groups is 3. The van der Waals surface area contributed by atoms with E-state index in [1.54, 1.807) is 12.1 Å². The van der Waals surface area contributed by atoms with E-state index in [9.17, 15) is 19.5 Å². The lowest BCUT2D eigenvalue weighted by Gasteiger charge is -2.22. The number of fused-ring (bicyclic) bond motifs is 3. The number of nitrogens with one attached hydrogen (secondary N) is 1. The number of carboxylic acid groups (broad SMARTS) is 1. The first-order valence-electron chi connectivity index (χ1n) is 12.4. The highest BCUT2D eigenvalue weighted by Gasteiger charge is 2.29. The summed E-state index contributed by atoms with van der Waals surface area (Å²) in [5, 5.41) is 12.1. The second-order valence-electron chi connectivity index (χ2n) is 9.19. The number of nitrogens with zero attached hydrogens (tertiary/aromatic N) is 1. The zero-order chi connectivity index (χ0) is 27.4. The molecule has 0 spiro atoms. The molecular weight excluding hydrogens is 560 g/mol. The van der Waals surface area contributed by atoms with Gasteiger partial charge >= 0.3 is 12.1 Å². The van der Waals surface area contributed by atoms with Gasteiger partial charge in [0, 0.05) is 22.6 Å². The fraction of sp³-hybridized carbons (Fsp3) is 0.129. The van der Waals surface area contributed by atoms with E-state index in [2.05, 4.69) is 33.4 Å². The van der Waals surface area contributed by atoms with E-state index in [-0.39, 0.29) is 24.6 Å². The first-order chi connectivity index (χ1) is 18.9. The Bertz CT molecular complexity index is 1490. The smallest absolute Gasteiger partial charge is 0.411 e. The van der Waals surface area contributed by atoms with E-state index < -0.39 is 24.5 Å². The van der Waals surface area contributed by atoms with E-state index in [0.717, 1.165) is 27.8 Å². The average Bonchev–Trinajstić information content (AvgIpc) is 3.26. The van der Waals surface area contributed by atoms with Gasteiger partial charge in [-0.15, -0.1) is 0 Å². The second-order valence-corrected chi connectivity index (χ2v) is 10.0. The van der Waals surface area contributed by atoms with Gasteiger partial charge in [-0.05, 0) is 61.9 Å². The Morgan fingerprint density at radius 3 is 2.10 bits per heavy atom. The molecule has 5 rings (SSSR count). The van der Waals surface area contributed by atoms with Crippen molar-refractivity contribution >= 4 is 39.6 Å². The molecule has 0 unspecified atom stereocenters. The Morgan fingerprint density at radius 2 is 1.46 bits per heavy atom. The fourth-order valence-corrected chi connectivity index (χ4v) is 5.27. The molecule has 0 heterocycles. The molecule has 0 fully saturated rings. The molecular formula is C31H25BrN2O5. The van der Waals surface area contributed by atoms with Gasteiger partial charge in [-0.3, -0.25) is 14.9 Å². The van der Waals surface area contributed by atoms with Gasteiger partial charge in [0.05, 0.1) is 5.56 Å². The summed E-state index contributed by atoms with van der Waals surface area (Å²) in [6.07, 6.45) is -0.649. The second kappa shape index (κ2) is 11.5. The summed E-state index contributed by atoms with van der Waals surface area (Å²) in [6.45, 7) is -0.182. The van der Waals surface area contributed by atoms with Crippen LogP contribution in [0.15, 0.2) is 102 Å². The van der Waals surface area contributed by atoms with Crippen molar-refractivity contribution in [1.82, 2.24) is 4.90 Å². The van der Waals surface area contributed by atoms with E-state index in [1.807, 2.05) is 66.7 Å². The Kier molecular flexibility index (Phi) is 7.74. The topological polar surface area (TPSA) is 95.9 Å². The lowest BCUT2D eigenvalue weighted by Crippen LogP contribution is -2.35. The van der Waals surface area contributed by atoms with Crippen molar-refractivity contribution in [2.45, 2.75) is 12.5 Å². The van der Waals surface area contributed by atoms with Crippen LogP contribution in [-0.4, -0.2) is 41.1 Å². The Hall–Kier alpha value is -4.43. The van der Waals surface area contributed by atoms with Crippen LogP contribution in [0.5, 0.6) is 0 Å². The van der Waals surface area contributed by atoms with Crippen molar-refractivity contribution in [3.8, 4) is 11.1 Å². The Morgan fingerprint density at radius 1 is 0.846 bits per heavy atom. The first kappa shape index (κ1) is 26.2. The van der Waals surface area contributed by atoms with Crippen LogP contribution in [0.25, 0.3) is 11.1 Å². The van der Waals surface area contributed by atoms with Gasteiger partial charge in [-0.2, -0.15) is 0 Å². The summed E-state index contributed by atoms with van der Waals surface area (Å²) in [5.74, 6) is -1.68. The molecule has 1 aliphatic carbocycles. The molecule has 0 bridgehead atoms. The summed E-state index contributed by atoms with van der Waals surface area (Å²) in [7, 11) is 0. The highest BCUT2D eigenvalue weighted by molar-refractivity contribution is 9.10. The minimum Gasteiger partial charge on any atom is -0.480 e. The molecule has 2 N–H and O–H groups in total. The van der Waals surface area contributed by atoms with E-state index >= 15 is 0 Å². The molecule has 0 radical (unpaired) electrons. The number of aliphatic carboxylic acids is 1. The average molecular weight is 585 g/mol. The maximum Gasteiger partial charge on any atom is 0.411 e. The predicted molar refractivity (Wildman–Crippen MR) is 152 cm³/mol. The first-order valence-corrected chi connectivity index (χ1v) is 13.2. The number of hydrogen-bond donors (Lipinski definition) is 2. The summed E-state index contributed by atoms with van der Waals surface area (Å²) >= 11 is 3.38. The monoisotopic (exact) mass is 584 g/mol. The van der Waals surface area contributed by atoms with Crippen LogP contribution < -0.4 is 5.32 Å². The third kappa shape index (κ3) is 5.86. The van der Waals surface area contributed by atoms with Crippen molar-refractivity contribution < 1.29 is 24.2 Å². The molecule has 0 saturated carbocycles. The number of amides is 2. The lowest BCUT2D eigenvalue weighted by molar-refractivity contribution is -0.137. The predicted octanol–water partition coefficient (Wildman–Crippen LogP) is 6.54.